The van der Waals surface area contributed by atoms with Crippen LogP contribution < -0.4 is 0 Å². The highest BCUT2D eigenvalue weighted by Gasteiger charge is 1.61. The van der Waals surface area contributed by atoms with E-state index in [2.05, 4.69) is 272 Å². The Morgan fingerprint density at radius 1 is 0.104 bits per heavy atom. The zero-order valence-electron chi connectivity index (χ0n) is 25.0. The molecular formula is C48H6. The molecule has 0 amide bonds. The summed E-state index contributed by atoms with van der Waals surface area (Å²) in [4.78, 5) is 0. The zero-order valence-corrected chi connectivity index (χ0v) is 25.0. The Balaban J connectivity index is 4.55. The van der Waals surface area contributed by atoms with Gasteiger partial charge in [0.1, 0.15) is 0 Å². The molecule has 0 aromatic heterocycles. The molecule has 0 aromatic rings. The molecule has 0 nitrogen and oxygen atoms in total. The monoisotopic (exact) mass is 582 g/mol. The van der Waals surface area contributed by atoms with Crippen molar-refractivity contribution >= 4 is 0 Å². The Labute approximate surface area is 285 Å². The lowest BCUT2D eigenvalue weighted by atomic mass is 10.4. The van der Waals surface area contributed by atoms with Gasteiger partial charge in [-0.1, -0.05) is 11.8 Å². The van der Waals surface area contributed by atoms with Gasteiger partial charge in [-0.15, -0.1) is 0 Å². The summed E-state index contributed by atoms with van der Waals surface area (Å²) in [5.41, 5.74) is 0. The van der Waals surface area contributed by atoms with Gasteiger partial charge in [-0.2, -0.15) is 0 Å². The summed E-state index contributed by atoms with van der Waals surface area (Å²) in [5, 5.41) is 0. The van der Waals surface area contributed by atoms with Gasteiger partial charge in [-0.25, -0.2) is 0 Å². The molecule has 0 saturated heterocycles. The van der Waals surface area contributed by atoms with E-state index in [0.29, 0.717) is 0 Å². The van der Waals surface area contributed by atoms with Crippen molar-refractivity contribution in [2.75, 3.05) is 0 Å². The molecule has 0 heterocycles. The molecule has 0 radical (unpaired) electrons. The minimum atomic E-state index is 1.69. The second kappa shape index (κ2) is 36.9. The summed E-state index contributed by atoms with van der Waals surface area (Å²) in [7, 11) is 0. The smallest absolute Gasteiger partial charge is 0 e. The van der Waals surface area contributed by atoms with Crippen molar-refractivity contribution in [3.05, 3.63) is 0 Å². The highest BCUT2D eigenvalue weighted by molar-refractivity contribution is 5.50. The van der Waals surface area contributed by atoms with Crippen molar-refractivity contribution in [1.82, 2.24) is 0 Å². The first-order valence-corrected chi connectivity index (χ1v) is 12.2. The fourth-order valence-electron chi connectivity index (χ4n) is 1.44. The van der Waals surface area contributed by atoms with Crippen LogP contribution in [0.25, 0.3) is 0 Å². The van der Waals surface area contributed by atoms with E-state index in [9.17, 15) is 0 Å². The maximum atomic E-state index is 2.63. The van der Waals surface area contributed by atoms with Crippen molar-refractivity contribution in [3.63, 3.8) is 0 Å². The van der Waals surface area contributed by atoms with Gasteiger partial charge >= 0.3 is 0 Å². The van der Waals surface area contributed by atoms with Gasteiger partial charge < -0.3 is 0 Å². The summed E-state index contributed by atoms with van der Waals surface area (Å²) in [6, 6.07) is 0. The fraction of sp³-hybridized carbons (Fsp3) is 0.0417. The summed E-state index contributed by atoms with van der Waals surface area (Å²) < 4.78 is 0. The van der Waals surface area contributed by atoms with Crippen LogP contribution in [-0.4, -0.2) is 0 Å². The Morgan fingerprint density at radius 3 is 0.229 bits per heavy atom. The SMILES string of the molecule is CC#CC#CC#CC#CC#CC#CC#CC#CC#CC#CC#CC#CC#CC#CC#CC#CC#CC#CC#CC#CC#CC#CC#CC. The first-order valence-electron chi connectivity index (χ1n) is 12.2. The van der Waals surface area contributed by atoms with Crippen LogP contribution in [0.2, 0.25) is 0 Å². The van der Waals surface area contributed by atoms with E-state index in [1.165, 1.54) is 0 Å². The van der Waals surface area contributed by atoms with E-state index >= 15 is 0 Å². The highest BCUT2D eigenvalue weighted by Crippen LogP contribution is 1.62. The minimum Gasteiger partial charge on any atom is -0.0925 e. The van der Waals surface area contributed by atoms with Crippen molar-refractivity contribution < 1.29 is 0 Å². The van der Waals surface area contributed by atoms with E-state index in [0.717, 1.165) is 0 Å². The number of rotatable bonds is 0. The second-order valence-electron chi connectivity index (χ2n) is 6.00. The van der Waals surface area contributed by atoms with Crippen molar-refractivity contribution in [1.29, 1.82) is 0 Å². The quantitative estimate of drug-likeness (QED) is 0.376. The van der Waals surface area contributed by atoms with Crippen LogP contribution in [0.4, 0.5) is 0 Å². The molecule has 0 aliphatic heterocycles. The van der Waals surface area contributed by atoms with Crippen molar-refractivity contribution in [2.24, 2.45) is 0 Å². The standard InChI is InChI=1S/C48H6/c1-3-5-7-9-11-13-15-17-19-21-23-25-27-29-31-33-35-37-39-41-43-45-47-48-46-44-42-40-38-36-34-32-30-28-26-24-22-20-18-16-14-12-10-8-6-4-2/h1-2H3. The van der Waals surface area contributed by atoms with E-state index in [1.807, 2.05) is 0 Å². The summed E-state index contributed by atoms with van der Waals surface area (Å²) in [5.74, 6) is 116. The predicted molar refractivity (Wildman–Crippen MR) is 190 cm³/mol. The van der Waals surface area contributed by atoms with Gasteiger partial charge in [-0.3, -0.25) is 0 Å². The molecule has 0 saturated carbocycles. The molecule has 0 unspecified atom stereocenters. The van der Waals surface area contributed by atoms with Gasteiger partial charge in [0.25, 0.3) is 0 Å². The van der Waals surface area contributed by atoms with Crippen molar-refractivity contribution in [3.8, 4) is 272 Å². The average molecular weight is 583 g/mol. The highest BCUT2D eigenvalue weighted by atomic mass is 13.6. The van der Waals surface area contributed by atoms with E-state index in [1.54, 1.807) is 13.8 Å². The van der Waals surface area contributed by atoms with Gasteiger partial charge in [0.15, 0.2) is 0 Å². The second-order valence-corrected chi connectivity index (χ2v) is 6.00. The van der Waals surface area contributed by atoms with Crippen LogP contribution >= 0.6 is 0 Å². The normalized spacial score (nSPS) is 3.96. The molecule has 0 heteroatoms. The largest absolute Gasteiger partial charge is 0.0925 e. The van der Waals surface area contributed by atoms with Crippen molar-refractivity contribution in [2.45, 2.75) is 13.8 Å². The molecule has 0 bridgehead atoms. The van der Waals surface area contributed by atoms with Crippen LogP contribution in [0.3, 0.4) is 0 Å². The molecule has 48 heavy (non-hydrogen) atoms. The zero-order chi connectivity index (χ0) is 34.5. The summed E-state index contributed by atoms with van der Waals surface area (Å²) in [6.07, 6.45) is 0. The topological polar surface area (TPSA) is 0 Å². The van der Waals surface area contributed by atoms with E-state index < -0.39 is 0 Å². The first kappa shape index (κ1) is 37.9. The fourth-order valence-corrected chi connectivity index (χ4v) is 1.44. The molecule has 0 fully saturated rings. The molecule has 0 atom stereocenters. The Kier molecular flexibility index (Phi) is 29.1. The third-order valence-electron chi connectivity index (χ3n) is 2.94. The van der Waals surface area contributed by atoms with E-state index in [-0.39, 0.29) is 0 Å². The summed E-state index contributed by atoms with van der Waals surface area (Å²) in [6.45, 7) is 3.38. The first-order chi connectivity index (χ1) is 23.9. The third kappa shape index (κ3) is 35.9. The molecular weight excluding hydrogens is 577 g/mol. The van der Waals surface area contributed by atoms with Gasteiger partial charge in [0, 0.05) is 166 Å². The van der Waals surface area contributed by atoms with Crippen LogP contribution in [0, 0.1) is 272 Å². The van der Waals surface area contributed by atoms with Gasteiger partial charge in [0.05, 0.1) is 0 Å². The lowest BCUT2D eigenvalue weighted by Gasteiger charge is -1.57. The predicted octanol–water partition coefficient (Wildman–Crippen LogP) is 1.10. The van der Waals surface area contributed by atoms with Crippen LogP contribution in [0.1, 0.15) is 13.8 Å². The average Bonchev–Trinajstić information content (AvgIpc) is 3.10. The molecule has 0 aromatic carbocycles. The Morgan fingerprint density at radius 2 is 0.167 bits per heavy atom. The maximum absolute atomic E-state index is 2.63. The molecule has 0 aliphatic rings. The summed E-state index contributed by atoms with van der Waals surface area (Å²) >= 11 is 0. The molecule has 0 rings (SSSR count). The number of hydrogen-bond donors (Lipinski definition) is 0. The Hall–Kier alpha value is -10.1. The lowest BCUT2D eigenvalue weighted by molar-refractivity contribution is 1.92. The van der Waals surface area contributed by atoms with E-state index in [4.69, 9.17) is 0 Å². The Bertz CT molecular complexity index is 2650. The van der Waals surface area contributed by atoms with Gasteiger partial charge in [-0.05, 0) is 109 Å². The molecule has 0 N–H and O–H groups in total. The lowest BCUT2D eigenvalue weighted by Crippen LogP contribution is -1.57. The van der Waals surface area contributed by atoms with Gasteiger partial charge in [0.2, 0.25) is 0 Å². The molecule has 198 valence electrons. The molecule has 0 aliphatic carbocycles. The molecule has 0 spiro atoms. The van der Waals surface area contributed by atoms with Crippen LogP contribution in [0.15, 0.2) is 0 Å². The maximum Gasteiger partial charge on any atom is 0 e. The number of hydrogen-bond acceptors (Lipinski definition) is 0. The third-order valence-corrected chi connectivity index (χ3v) is 2.94. The minimum absolute atomic E-state index is 1.69. The van der Waals surface area contributed by atoms with Crippen LogP contribution in [0.5, 0.6) is 0 Å². The van der Waals surface area contributed by atoms with Crippen LogP contribution in [-0.2, 0) is 0 Å².